The van der Waals surface area contributed by atoms with Gasteiger partial charge in [0, 0.05) is 25.3 Å². The number of hydrogen-bond acceptors (Lipinski definition) is 4. The van der Waals surface area contributed by atoms with Gasteiger partial charge in [-0.25, -0.2) is 0 Å². The first kappa shape index (κ1) is 27.2. The molecule has 6 heteroatoms. The van der Waals surface area contributed by atoms with Crippen molar-refractivity contribution in [2.24, 2.45) is 22.1 Å². The predicted octanol–water partition coefficient (Wildman–Crippen LogP) is 5.84. The molecule has 0 radical (unpaired) electrons. The van der Waals surface area contributed by atoms with Crippen molar-refractivity contribution in [1.82, 2.24) is 4.90 Å². The van der Waals surface area contributed by atoms with Gasteiger partial charge < -0.3 is 20.7 Å². The van der Waals surface area contributed by atoms with Gasteiger partial charge in [-0.05, 0) is 84.7 Å². The zero-order valence-electron chi connectivity index (χ0n) is 22.6. The van der Waals surface area contributed by atoms with Crippen molar-refractivity contribution in [3.63, 3.8) is 0 Å². The van der Waals surface area contributed by atoms with Gasteiger partial charge in [0.1, 0.15) is 12.4 Å². The quantitative estimate of drug-likeness (QED) is 0.279. The third-order valence-corrected chi connectivity index (χ3v) is 7.09. The van der Waals surface area contributed by atoms with Gasteiger partial charge in [-0.15, -0.1) is 0 Å². The van der Waals surface area contributed by atoms with Gasteiger partial charge in [-0.2, -0.15) is 5.26 Å². The number of hydrogen-bond donors (Lipinski definition) is 2. The van der Waals surface area contributed by atoms with Crippen LogP contribution in [0.3, 0.4) is 0 Å². The molecule has 1 aliphatic heterocycles. The second-order valence-electron chi connectivity index (χ2n) is 10.9. The minimum absolute atomic E-state index is 0.0539. The van der Waals surface area contributed by atoms with Crippen molar-refractivity contribution >= 4 is 11.6 Å². The Morgan fingerprint density at radius 2 is 1.68 bits per heavy atom. The molecule has 6 nitrogen and oxygen atoms in total. The number of nitrogens with two attached hydrogens (primary N) is 1. The number of benzene rings is 3. The zero-order valence-corrected chi connectivity index (χ0v) is 22.6. The smallest absolute Gasteiger partial charge is 0.198 e. The van der Waals surface area contributed by atoms with E-state index in [0.29, 0.717) is 31.2 Å². The van der Waals surface area contributed by atoms with Crippen LogP contribution in [0.15, 0.2) is 83.9 Å². The van der Waals surface area contributed by atoms with E-state index in [-0.39, 0.29) is 5.41 Å². The van der Waals surface area contributed by atoms with Crippen LogP contribution in [0.5, 0.6) is 5.75 Å². The summed E-state index contributed by atoms with van der Waals surface area (Å²) in [5, 5.41) is 12.5. The zero-order chi connectivity index (χ0) is 26.8. The minimum Gasteiger partial charge on any atom is -0.489 e. The number of anilines is 1. The Balaban J connectivity index is 1.37. The molecule has 1 heterocycles. The first-order chi connectivity index (χ1) is 18.4. The molecule has 1 saturated heterocycles. The number of aliphatic imine (C=N–C) groups is 1. The molecule has 0 aliphatic carbocycles. The van der Waals surface area contributed by atoms with Crippen LogP contribution in [-0.2, 0) is 13.0 Å². The Bertz CT molecular complexity index is 1210. The fraction of sp³-hybridized carbons (Fsp3) is 0.375. The minimum atomic E-state index is -0.0539. The second kappa shape index (κ2) is 13.1. The van der Waals surface area contributed by atoms with Crippen LogP contribution in [-0.4, -0.2) is 37.0 Å². The topological polar surface area (TPSA) is 86.7 Å². The van der Waals surface area contributed by atoms with Crippen LogP contribution in [0.4, 0.5) is 5.69 Å². The first-order valence-corrected chi connectivity index (χ1v) is 13.5. The average molecular weight is 510 g/mol. The molecule has 38 heavy (non-hydrogen) atoms. The maximum Gasteiger partial charge on any atom is 0.198 e. The van der Waals surface area contributed by atoms with Gasteiger partial charge in [-0.1, -0.05) is 56.3 Å². The lowest BCUT2D eigenvalue weighted by atomic mass is 9.90. The van der Waals surface area contributed by atoms with Crippen LogP contribution < -0.4 is 15.8 Å². The molecule has 4 rings (SSSR count). The molecule has 0 bridgehead atoms. The summed E-state index contributed by atoms with van der Waals surface area (Å²) < 4.78 is 5.94. The van der Waals surface area contributed by atoms with Gasteiger partial charge in [0.2, 0.25) is 0 Å². The molecule has 0 aromatic heterocycles. The largest absolute Gasteiger partial charge is 0.489 e. The molecule has 1 fully saturated rings. The lowest BCUT2D eigenvalue weighted by Crippen LogP contribution is -2.43. The van der Waals surface area contributed by atoms with E-state index in [2.05, 4.69) is 60.5 Å². The van der Waals surface area contributed by atoms with E-state index in [9.17, 15) is 0 Å². The van der Waals surface area contributed by atoms with Gasteiger partial charge in [0.15, 0.2) is 5.96 Å². The van der Waals surface area contributed by atoms with Crippen LogP contribution in [0.2, 0.25) is 0 Å². The maximum absolute atomic E-state index is 8.96. The molecule has 1 aliphatic rings. The summed E-state index contributed by atoms with van der Waals surface area (Å²) in [5.41, 5.74) is 10.0. The van der Waals surface area contributed by atoms with E-state index >= 15 is 0 Å². The standard InChI is InChI=1S/C32H39N5O/c1-32(2,23-34)24-35-31(37-18-16-26(17-19-37)20-25-6-4-3-5-7-25)36-29-12-14-30(15-13-29)38-22-28-10-8-27(21-33)9-11-28/h3-15,26H,16-20,22-24,34H2,1-2H3,(H,35,36). The number of nitriles is 1. The molecule has 0 saturated carbocycles. The van der Waals surface area contributed by atoms with Crippen LogP contribution in [0.1, 0.15) is 43.4 Å². The molecular formula is C32H39N5O. The number of ether oxygens (including phenoxy) is 1. The number of piperidine rings is 1. The van der Waals surface area contributed by atoms with Crippen molar-refractivity contribution in [1.29, 1.82) is 5.26 Å². The number of nitrogens with one attached hydrogen (secondary N) is 1. The van der Waals surface area contributed by atoms with E-state index in [1.54, 1.807) is 0 Å². The lowest BCUT2D eigenvalue weighted by Gasteiger charge is -2.35. The highest BCUT2D eigenvalue weighted by molar-refractivity contribution is 5.93. The summed E-state index contributed by atoms with van der Waals surface area (Å²) in [6.07, 6.45) is 3.44. The molecule has 3 aromatic rings. The van der Waals surface area contributed by atoms with E-state index in [4.69, 9.17) is 20.7 Å². The number of guanidine groups is 1. The lowest BCUT2D eigenvalue weighted by molar-refractivity contribution is 0.263. The number of nitrogens with zero attached hydrogens (tertiary/aromatic N) is 3. The van der Waals surface area contributed by atoms with Crippen molar-refractivity contribution in [2.75, 3.05) is 31.5 Å². The van der Waals surface area contributed by atoms with E-state index in [1.165, 1.54) is 5.56 Å². The monoisotopic (exact) mass is 509 g/mol. The van der Waals surface area contributed by atoms with Crippen molar-refractivity contribution < 1.29 is 4.74 Å². The molecule has 0 atom stereocenters. The Hall–Kier alpha value is -3.82. The summed E-state index contributed by atoms with van der Waals surface area (Å²) >= 11 is 0. The molecule has 0 amide bonds. The van der Waals surface area contributed by atoms with Gasteiger partial charge in [0.25, 0.3) is 0 Å². The highest BCUT2D eigenvalue weighted by atomic mass is 16.5. The SMILES string of the molecule is CC(C)(CN)CN=C(Nc1ccc(OCc2ccc(C#N)cc2)cc1)N1CCC(Cc2ccccc2)CC1. The van der Waals surface area contributed by atoms with E-state index in [0.717, 1.165) is 55.3 Å². The van der Waals surface area contributed by atoms with Crippen molar-refractivity contribution in [3.8, 4) is 11.8 Å². The van der Waals surface area contributed by atoms with E-state index in [1.807, 2.05) is 48.5 Å². The molecule has 0 unspecified atom stereocenters. The Labute approximate surface area is 227 Å². The summed E-state index contributed by atoms with van der Waals surface area (Å²) in [4.78, 5) is 7.38. The Morgan fingerprint density at radius 3 is 2.32 bits per heavy atom. The van der Waals surface area contributed by atoms with Gasteiger partial charge >= 0.3 is 0 Å². The molecule has 198 valence electrons. The summed E-state index contributed by atoms with van der Waals surface area (Å²) in [6, 6.07) is 28.4. The predicted molar refractivity (Wildman–Crippen MR) is 155 cm³/mol. The van der Waals surface area contributed by atoms with Crippen LogP contribution in [0, 0.1) is 22.7 Å². The number of rotatable bonds is 9. The molecular weight excluding hydrogens is 470 g/mol. The molecule has 3 N–H and O–H groups in total. The maximum atomic E-state index is 8.96. The first-order valence-electron chi connectivity index (χ1n) is 13.5. The average Bonchev–Trinajstić information content (AvgIpc) is 2.96. The highest BCUT2D eigenvalue weighted by Gasteiger charge is 2.23. The number of likely N-dealkylation sites (tertiary alicyclic amines) is 1. The van der Waals surface area contributed by atoms with Crippen molar-refractivity contribution in [2.45, 2.75) is 39.7 Å². The second-order valence-corrected chi connectivity index (χ2v) is 10.9. The van der Waals surface area contributed by atoms with E-state index < -0.39 is 0 Å². The molecule has 3 aromatic carbocycles. The van der Waals surface area contributed by atoms with Crippen molar-refractivity contribution in [3.05, 3.63) is 95.6 Å². The van der Waals surface area contributed by atoms with Crippen LogP contribution >= 0.6 is 0 Å². The third-order valence-electron chi connectivity index (χ3n) is 7.09. The van der Waals surface area contributed by atoms with Crippen LogP contribution in [0.25, 0.3) is 0 Å². The Kier molecular flexibility index (Phi) is 9.40. The van der Waals surface area contributed by atoms with Gasteiger partial charge in [-0.3, -0.25) is 4.99 Å². The fourth-order valence-corrected chi connectivity index (χ4v) is 4.47. The fourth-order valence-electron chi connectivity index (χ4n) is 4.47. The normalized spacial score (nSPS) is 14.7. The summed E-state index contributed by atoms with van der Waals surface area (Å²) in [5.74, 6) is 2.41. The summed E-state index contributed by atoms with van der Waals surface area (Å²) in [6.45, 7) is 7.99. The third kappa shape index (κ3) is 8.09. The Morgan fingerprint density at radius 1 is 1.00 bits per heavy atom. The van der Waals surface area contributed by atoms with Gasteiger partial charge in [0.05, 0.1) is 11.6 Å². The highest BCUT2D eigenvalue weighted by Crippen LogP contribution is 2.24. The summed E-state index contributed by atoms with van der Waals surface area (Å²) in [7, 11) is 0. The molecule has 0 spiro atoms.